The van der Waals surface area contributed by atoms with E-state index in [0.717, 1.165) is 12.5 Å². The molecular formula is C2H2N2Na2O8S2. The van der Waals surface area contributed by atoms with Crippen LogP contribution < -0.4 is 0 Å². The van der Waals surface area contributed by atoms with Gasteiger partial charge >= 0.3 is 33.3 Å². The van der Waals surface area contributed by atoms with Gasteiger partial charge in [0, 0.05) is 59.1 Å². The van der Waals surface area contributed by atoms with Crippen LogP contribution in [0.15, 0.2) is 0 Å². The van der Waals surface area contributed by atoms with Crippen LogP contribution in [0.3, 0.4) is 0 Å². The van der Waals surface area contributed by atoms with Crippen molar-refractivity contribution in [3.63, 3.8) is 0 Å². The first kappa shape index (κ1) is 25.3. The summed E-state index contributed by atoms with van der Waals surface area (Å²) < 4.78 is 58.6. The molecule has 0 aromatic carbocycles. The third-order valence-corrected chi connectivity index (χ3v) is 0.855. The van der Waals surface area contributed by atoms with Gasteiger partial charge in [-0.1, -0.05) is 0 Å². The molecule has 0 fully saturated rings. The van der Waals surface area contributed by atoms with E-state index in [1.807, 2.05) is 0 Å². The molecule has 82 valence electrons. The van der Waals surface area contributed by atoms with Gasteiger partial charge < -0.3 is 0 Å². The summed E-state index contributed by atoms with van der Waals surface area (Å²) in [4.78, 5) is 0. The van der Waals surface area contributed by atoms with E-state index in [9.17, 15) is 16.8 Å². The predicted octanol–water partition coefficient (Wildman–Crippen LogP) is -2.19. The average molecular weight is 292 g/mol. The van der Waals surface area contributed by atoms with Crippen molar-refractivity contribution in [2.45, 2.75) is 0 Å². The van der Waals surface area contributed by atoms with Gasteiger partial charge in [-0.15, -0.1) is 10.5 Å². The summed E-state index contributed by atoms with van der Waals surface area (Å²) >= 11 is 0. The summed E-state index contributed by atoms with van der Waals surface area (Å²) in [5, 5.41) is 14.8. The zero-order chi connectivity index (χ0) is 11.8. The molecule has 0 amide bonds. The van der Waals surface area contributed by atoms with Gasteiger partial charge in [0.1, 0.15) is 0 Å². The van der Waals surface area contributed by atoms with Gasteiger partial charge in [-0.2, -0.15) is 16.8 Å². The van der Waals surface area contributed by atoms with Crippen molar-refractivity contribution in [3.8, 4) is 12.5 Å². The summed E-state index contributed by atoms with van der Waals surface area (Å²) in [5.41, 5.74) is 0. The van der Waals surface area contributed by atoms with Crippen molar-refractivity contribution in [1.82, 2.24) is 0 Å². The predicted molar refractivity (Wildman–Crippen MR) is 48.0 cm³/mol. The monoisotopic (exact) mass is 292 g/mol. The van der Waals surface area contributed by atoms with E-state index in [2.05, 4.69) is 8.37 Å². The molecule has 2 radical (unpaired) electrons. The number of hydrogen-bond donors (Lipinski definition) is 2. The van der Waals surface area contributed by atoms with Gasteiger partial charge in [0.2, 0.25) is 0 Å². The fourth-order valence-corrected chi connectivity index (χ4v) is 0.283. The first-order valence-electron chi connectivity index (χ1n) is 2.22. The molecule has 0 saturated heterocycles. The Morgan fingerprint density at radius 3 is 1.00 bits per heavy atom. The van der Waals surface area contributed by atoms with Crippen LogP contribution in [0.2, 0.25) is 0 Å². The maximum absolute atomic E-state index is 9.34. The Balaban J connectivity index is -0.0000000800. The minimum absolute atomic E-state index is 0. The van der Waals surface area contributed by atoms with Crippen LogP contribution in [0.5, 0.6) is 0 Å². The molecule has 14 heteroatoms. The SMILES string of the molecule is N#COS(=O)(=O)O.N#COS(=O)(=O)O.[Na].[Na]. The van der Waals surface area contributed by atoms with Crippen LogP contribution in [-0.2, 0) is 29.2 Å². The Hall–Kier alpha value is 0.400. The largest absolute Gasteiger partial charge is 0.456 e. The quantitative estimate of drug-likeness (QED) is 0.323. The van der Waals surface area contributed by atoms with Gasteiger partial charge in [0.05, 0.1) is 0 Å². The Morgan fingerprint density at radius 2 is 1.00 bits per heavy atom. The normalized spacial score (nSPS) is 8.50. The Bertz CT molecular complexity index is 397. The molecule has 0 saturated carbocycles. The zero-order valence-corrected chi connectivity index (χ0v) is 13.7. The van der Waals surface area contributed by atoms with Crippen LogP contribution in [0.4, 0.5) is 0 Å². The van der Waals surface area contributed by atoms with Crippen LogP contribution in [-0.4, -0.2) is 85.1 Å². The number of nitrogens with zero attached hydrogens (tertiary/aromatic N) is 2. The van der Waals surface area contributed by atoms with Crippen LogP contribution in [0, 0.1) is 23.0 Å². The fourth-order valence-electron chi connectivity index (χ4n) is 0.0942. The molecule has 2 N–H and O–H groups in total. The van der Waals surface area contributed by atoms with Crippen LogP contribution >= 0.6 is 0 Å². The van der Waals surface area contributed by atoms with E-state index < -0.39 is 20.8 Å². The second kappa shape index (κ2) is 11.9. The Morgan fingerprint density at radius 1 is 0.812 bits per heavy atom. The van der Waals surface area contributed by atoms with Gasteiger partial charge in [0.15, 0.2) is 0 Å². The minimum Gasteiger partial charge on any atom is -0.281 e. The molecule has 0 rings (SSSR count). The second-order valence-corrected chi connectivity index (χ2v) is 3.25. The number of hydrogen-bond acceptors (Lipinski definition) is 8. The summed E-state index contributed by atoms with van der Waals surface area (Å²) in [6.07, 6.45) is 1.54. The van der Waals surface area contributed by atoms with E-state index >= 15 is 0 Å². The summed E-state index contributed by atoms with van der Waals surface area (Å²) in [6.45, 7) is 0. The number of rotatable bonds is 2. The van der Waals surface area contributed by atoms with Crippen LogP contribution in [0.1, 0.15) is 0 Å². The standard InChI is InChI=1S/2CHNO4S.2Na/c2*2-1-6-7(3,4)5;;/h2*(H,3,4,5);;. The third kappa shape index (κ3) is 36.6. The molecular weight excluding hydrogens is 290 g/mol. The van der Waals surface area contributed by atoms with E-state index in [1.54, 1.807) is 0 Å². The fraction of sp³-hybridized carbons (Fsp3) is 0. The summed E-state index contributed by atoms with van der Waals surface area (Å²) in [5.74, 6) is 0. The Labute approximate surface area is 136 Å². The molecule has 0 spiro atoms. The van der Waals surface area contributed by atoms with Crippen molar-refractivity contribution in [3.05, 3.63) is 0 Å². The second-order valence-electron chi connectivity index (χ2n) is 1.20. The minimum atomic E-state index is -4.54. The van der Waals surface area contributed by atoms with Crippen molar-refractivity contribution in [2.24, 2.45) is 0 Å². The molecule has 0 aliphatic rings. The van der Waals surface area contributed by atoms with Crippen molar-refractivity contribution in [2.75, 3.05) is 0 Å². The number of nitriles is 2. The molecule has 0 aromatic rings. The molecule has 0 aliphatic carbocycles. The van der Waals surface area contributed by atoms with E-state index in [1.165, 1.54) is 0 Å². The average Bonchev–Trinajstić information content (AvgIpc) is 1.81. The van der Waals surface area contributed by atoms with Crippen molar-refractivity contribution < 1.29 is 34.3 Å². The maximum Gasteiger partial charge on any atom is 0.456 e. The van der Waals surface area contributed by atoms with Gasteiger partial charge in [-0.25, -0.2) is 0 Å². The maximum atomic E-state index is 9.34. The Kier molecular flexibility index (Phi) is 18.8. The van der Waals surface area contributed by atoms with Crippen molar-refractivity contribution >= 4 is 79.9 Å². The first-order chi connectivity index (χ1) is 6.12. The molecule has 0 atom stereocenters. The van der Waals surface area contributed by atoms with Crippen molar-refractivity contribution in [1.29, 1.82) is 10.5 Å². The van der Waals surface area contributed by atoms with E-state index in [-0.39, 0.29) is 59.1 Å². The summed E-state index contributed by atoms with van der Waals surface area (Å²) in [6, 6.07) is 0. The van der Waals surface area contributed by atoms with Gasteiger partial charge in [0.25, 0.3) is 0 Å². The summed E-state index contributed by atoms with van der Waals surface area (Å²) in [7, 11) is -9.07. The smallest absolute Gasteiger partial charge is 0.281 e. The first-order valence-corrected chi connectivity index (χ1v) is 4.95. The topological polar surface area (TPSA) is 175 Å². The molecule has 10 nitrogen and oxygen atoms in total. The van der Waals surface area contributed by atoms with E-state index in [0.29, 0.717) is 0 Å². The van der Waals surface area contributed by atoms with Gasteiger partial charge in [-0.05, 0) is 0 Å². The molecule has 0 aliphatic heterocycles. The molecule has 0 aromatic heterocycles. The zero-order valence-electron chi connectivity index (χ0n) is 8.05. The molecule has 16 heavy (non-hydrogen) atoms. The molecule has 0 heterocycles. The van der Waals surface area contributed by atoms with Gasteiger partial charge in [-0.3, -0.25) is 17.5 Å². The molecule has 0 unspecified atom stereocenters. The molecule has 0 bridgehead atoms. The van der Waals surface area contributed by atoms with Crippen LogP contribution in [0.25, 0.3) is 0 Å². The third-order valence-electron chi connectivity index (χ3n) is 0.285. The van der Waals surface area contributed by atoms with E-state index in [4.69, 9.17) is 19.6 Å².